The van der Waals surface area contributed by atoms with Crippen molar-refractivity contribution in [3.05, 3.63) is 41.4 Å². The molecule has 1 aromatic heterocycles. The number of rotatable bonds is 5. The van der Waals surface area contributed by atoms with Gasteiger partial charge in [-0.3, -0.25) is 4.79 Å². The second-order valence-electron chi connectivity index (χ2n) is 5.90. The molecule has 1 aliphatic heterocycles. The number of anilines is 2. The van der Waals surface area contributed by atoms with Gasteiger partial charge < -0.3 is 15.1 Å². The molecular formula is C18H24N4OS. The second-order valence-corrected chi connectivity index (χ2v) is 6.93. The van der Waals surface area contributed by atoms with E-state index in [1.54, 1.807) is 6.20 Å². The molecule has 1 aromatic carbocycles. The van der Waals surface area contributed by atoms with Gasteiger partial charge in [-0.1, -0.05) is 36.5 Å². The molecule has 0 radical (unpaired) electrons. The third kappa shape index (κ3) is 3.53. The van der Waals surface area contributed by atoms with Gasteiger partial charge in [-0.2, -0.15) is 0 Å². The van der Waals surface area contributed by atoms with E-state index in [0.29, 0.717) is 0 Å². The predicted molar refractivity (Wildman–Crippen MR) is 100 cm³/mol. The van der Waals surface area contributed by atoms with Gasteiger partial charge in [-0.15, -0.1) is 0 Å². The summed E-state index contributed by atoms with van der Waals surface area (Å²) in [5.41, 5.74) is 1.23. The normalized spacial score (nSPS) is 17.8. The minimum Gasteiger partial charge on any atom is -0.368 e. The third-order valence-electron chi connectivity index (χ3n) is 4.38. The van der Waals surface area contributed by atoms with E-state index < -0.39 is 0 Å². The number of carbonyl (C=O) groups excluding carboxylic acids is 1. The lowest BCUT2D eigenvalue weighted by molar-refractivity contribution is 0.0656. The molecule has 1 aliphatic rings. The highest BCUT2D eigenvalue weighted by molar-refractivity contribution is 7.17. The van der Waals surface area contributed by atoms with Crippen LogP contribution in [0.2, 0.25) is 0 Å². The van der Waals surface area contributed by atoms with Crippen molar-refractivity contribution in [1.29, 1.82) is 0 Å². The summed E-state index contributed by atoms with van der Waals surface area (Å²) in [5, 5.41) is 3.98. The highest BCUT2D eigenvalue weighted by Gasteiger charge is 2.30. The molecule has 1 amide bonds. The van der Waals surface area contributed by atoms with Crippen molar-refractivity contribution in [3.8, 4) is 0 Å². The van der Waals surface area contributed by atoms with E-state index in [1.807, 2.05) is 17.9 Å². The van der Waals surface area contributed by atoms with E-state index in [-0.39, 0.29) is 11.9 Å². The summed E-state index contributed by atoms with van der Waals surface area (Å²) in [6.45, 7) is 7.49. The second kappa shape index (κ2) is 7.66. The van der Waals surface area contributed by atoms with Crippen molar-refractivity contribution in [2.45, 2.75) is 26.3 Å². The molecule has 1 fully saturated rings. The van der Waals surface area contributed by atoms with Crippen LogP contribution in [-0.2, 0) is 0 Å². The maximum absolute atomic E-state index is 12.9. The number of nitrogens with one attached hydrogen (secondary N) is 1. The van der Waals surface area contributed by atoms with Gasteiger partial charge >= 0.3 is 0 Å². The molecule has 0 saturated carbocycles. The summed E-state index contributed by atoms with van der Waals surface area (Å²) in [5.74, 6) is 0.108. The predicted octanol–water partition coefficient (Wildman–Crippen LogP) is 3.32. The molecule has 1 saturated heterocycles. The van der Waals surface area contributed by atoms with Gasteiger partial charge in [0.25, 0.3) is 5.91 Å². The zero-order valence-corrected chi connectivity index (χ0v) is 15.1. The first kappa shape index (κ1) is 16.8. The number of carbonyl (C=O) groups is 1. The van der Waals surface area contributed by atoms with Crippen molar-refractivity contribution >= 4 is 28.1 Å². The Morgan fingerprint density at radius 2 is 2.08 bits per heavy atom. The van der Waals surface area contributed by atoms with Crippen molar-refractivity contribution in [2.24, 2.45) is 0 Å². The van der Waals surface area contributed by atoms with Gasteiger partial charge in [-0.25, -0.2) is 4.98 Å². The maximum atomic E-state index is 12.9. The first-order chi connectivity index (χ1) is 11.7. The van der Waals surface area contributed by atoms with Crippen molar-refractivity contribution in [1.82, 2.24) is 9.88 Å². The number of nitrogens with zero attached hydrogens (tertiary/aromatic N) is 3. The Labute approximate surface area is 147 Å². The number of hydrogen-bond donors (Lipinski definition) is 1. The average molecular weight is 344 g/mol. The molecule has 0 spiro atoms. The maximum Gasteiger partial charge on any atom is 0.266 e. The van der Waals surface area contributed by atoms with Gasteiger partial charge in [-0.05, 0) is 25.5 Å². The van der Waals surface area contributed by atoms with Crippen LogP contribution in [0.1, 0.15) is 29.9 Å². The standard InChI is InChI=1S/C18H24N4OS/c1-3-14-13-21(15-8-6-5-7-9-15)10-11-22(14)17(23)16-12-20-18(24-16)19-4-2/h5-9,12,14H,3-4,10-11,13H2,1-2H3,(H,19,20). The lowest BCUT2D eigenvalue weighted by Gasteiger charge is -2.42. The Morgan fingerprint density at radius 3 is 2.79 bits per heavy atom. The monoisotopic (exact) mass is 344 g/mol. The highest BCUT2D eigenvalue weighted by Crippen LogP contribution is 2.25. The van der Waals surface area contributed by atoms with Gasteiger partial charge in [0, 0.05) is 37.9 Å². The summed E-state index contributed by atoms with van der Waals surface area (Å²) in [6, 6.07) is 10.7. The molecule has 0 bridgehead atoms. The van der Waals surface area contributed by atoms with Crippen LogP contribution in [0.25, 0.3) is 0 Å². The molecule has 6 heteroatoms. The van der Waals surface area contributed by atoms with Crippen LogP contribution in [-0.4, -0.2) is 48.0 Å². The van der Waals surface area contributed by atoms with E-state index in [2.05, 4.69) is 46.4 Å². The Hall–Kier alpha value is -2.08. The summed E-state index contributed by atoms with van der Waals surface area (Å²) in [6.07, 6.45) is 2.65. The Balaban J connectivity index is 1.71. The summed E-state index contributed by atoms with van der Waals surface area (Å²) >= 11 is 1.44. The van der Waals surface area contributed by atoms with E-state index in [1.165, 1.54) is 17.0 Å². The largest absolute Gasteiger partial charge is 0.368 e. The molecule has 24 heavy (non-hydrogen) atoms. The number of aromatic nitrogens is 1. The van der Waals surface area contributed by atoms with Gasteiger partial charge in [0.2, 0.25) is 0 Å². The lowest BCUT2D eigenvalue weighted by Crippen LogP contribution is -2.55. The number of para-hydroxylation sites is 1. The van der Waals surface area contributed by atoms with Crippen molar-refractivity contribution < 1.29 is 4.79 Å². The van der Waals surface area contributed by atoms with Crippen LogP contribution in [0.3, 0.4) is 0 Å². The lowest BCUT2D eigenvalue weighted by atomic mass is 10.1. The van der Waals surface area contributed by atoms with Crippen LogP contribution in [0.5, 0.6) is 0 Å². The fourth-order valence-electron chi connectivity index (χ4n) is 3.09. The molecule has 2 heterocycles. The minimum absolute atomic E-state index is 0.108. The fraction of sp³-hybridized carbons (Fsp3) is 0.444. The summed E-state index contributed by atoms with van der Waals surface area (Å²) in [7, 11) is 0. The molecule has 1 atom stereocenters. The van der Waals surface area contributed by atoms with E-state index >= 15 is 0 Å². The molecule has 1 N–H and O–H groups in total. The molecule has 2 aromatic rings. The number of amides is 1. The number of hydrogen-bond acceptors (Lipinski definition) is 5. The summed E-state index contributed by atoms with van der Waals surface area (Å²) < 4.78 is 0. The number of thiazole rings is 1. The van der Waals surface area contributed by atoms with Crippen LogP contribution in [0.4, 0.5) is 10.8 Å². The van der Waals surface area contributed by atoms with Crippen molar-refractivity contribution in [2.75, 3.05) is 36.4 Å². The van der Waals surface area contributed by atoms with Crippen LogP contribution < -0.4 is 10.2 Å². The Morgan fingerprint density at radius 1 is 1.29 bits per heavy atom. The first-order valence-electron chi connectivity index (χ1n) is 8.53. The fourth-order valence-corrected chi connectivity index (χ4v) is 3.93. The average Bonchev–Trinajstić information content (AvgIpc) is 3.10. The van der Waals surface area contributed by atoms with E-state index in [4.69, 9.17) is 0 Å². The van der Waals surface area contributed by atoms with E-state index in [0.717, 1.165) is 42.6 Å². The van der Waals surface area contributed by atoms with Crippen LogP contribution >= 0.6 is 11.3 Å². The van der Waals surface area contributed by atoms with Crippen LogP contribution in [0.15, 0.2) is 36.5 Å². The molecule has 5 nitrogen and oxygen atoms in total. The highest BCUT2D eigenvalue weighted by atomic mass is 32.1. The third-order valence-corrected chi connectivity index (χ3v) is 5.32. The van der Waals surface area contributed by atoms with Gasteiger partial charge in [0.05, 0.1) is 6.20 Å². The quantitative estimate of drug-likeness (QED) is 0.904. The van der Waals surface area contributed by atoms with Crippen molar-refractivity contribution in [3.63, 3.8) is 0 Å². The van der Waals surface area contributed by atoms with Gasteiger partial charge in [0.15, 0.2) is 5.13 Å². The van der Waals surface area contributed by atoms with E-state index in [9.17, 15) is 4.79 Å². The number of benzene rings is 1. The number of piperazine rings is 1. The zero-order chi connectivity index (χ0) is 16.9. The SMILES string of the molecule is CCNc1ncc(C(=O)N2CCN(c3ccccc3)CC2CC)s1. The molecule has 1 unspecified atom stereocenters. The Bertz CT molecular complexity index is 673. The minimum atomic E-state index is 0.108. The smallest absolute Gasteiger partial charge is 0.266 e. The molecule has 3 rings (SSSR count). The van der Waals surface area contributed by atoms with Gasteiger partial charge in [0.1, 0.15) is 4.88 Å². The molecular weight excluding hydrogens is 320 g/mol. The van der Waals surface area contributed by atoms with Crippen LogP contribution in [0, 0.1) is 0 Å². The molecule has 0 aliphatic carbocycles. The Kier molecular flexibility index (Phi) is 5.35. The summed E-state index contributed by atoms with van der Waals surface area (Å²) in [4.78, 5) is 22.3. The zero-order valence-electron chi connectivity index (χ0n) is 14.2. The topological polar surface area (TPSA) is 48.5 Å². The molecule has 128 valence electrons. The first-order valence-corrected chi connectivity index (χ1v) is 9.35.